The Balaban J connectivity index is 0.00000210. The monoisotopic (exact) mass is 406 g/mol. The molecule has 4 rings (SSSR count). The van der Waals surface area contributed by atoms with Gasteiger partial charge in [-0.15, -0.1) is 22.6 Å². The predicted octanol–water partition coefficient (Wildman–Crippen LogP) is 2.18. The standard InChI is InChI=1S/C17H18N6O2S.ClH/c1-25-11-4-2-3-10(7-11)8-14-21-23-17(26-14)19-16(24)15-12-9-18-6-5-13(12)20-22-15;/h2-4,7,18H,5-6,8-9H2,1H3,(H,20,22)(H,19,23,24);1H. The number of carbonyl (C=O) groups is 1. The maximum atomic E-state index is 12.5. The van der Waals surface area contributed by atoms with Gasteiger partial charge in [-0.3, -0.25) is 15.2 Å². The van der Waals surface area contributed by atoms with Crippen molar-refractivity contribution in [2.24, 2.45) is 0 Å². The zero-order valence-electron chi connectivity index (χ0n) is 14.6. The maximum Gasteiger partial charge on any atom is 0.278 e. The number of aromatic amines is 1. The summed E-state index contributed by atoms with van der Waals surface area (Å²) in [7, 11) is 1.64. The van der Waals surface area contributed by atoms with Crippen LogP contribution in [0.3, 0.4) is 0 Å². The summed E-state index contributed by atoms with van der Waals surface area (Å²) in [6.45, 7) is 1.53. The van der Waals surface area contributed by atoms with Crippen LogP contribution >= 0.6 is 23.7 Å². The van der Waals surface area contributed by atoms with E-state index in [1.807, 2.05) is 24.3 Å². The Morgan fingerprint density at radius 3 is 3.11 bits per heavy atom. The molecule has 3 heterocycles. The smallest absolute Gasteiger partial charge is 0.278 e. The summed E-state index contributed by atoms with van der Waals surface area (Å²) in [5.74, 6) is 0.535. The van der Waals surface area contributed by atoms with Crippen molar-refractivity contribution < 1.29 is 9.53 Å². The van der Waals surface area contributed by atoms with Gasteiger partial charge in [0.15, 0.2) is 5.69 Å². The molecule has 1 aliphatic heterocycles. The summed E-state index contributed by atoms with van der Waals surface area (Å²) in [5, 5.41) is 22.7. The number of benzene rings is 1. The van der Waals surface area contributed by atoms with E-state index in [4.69, 9.17) is 4.74 Å². The van der Waals surface area contributed by atoms with Gasteiger partial charge in [0.1, 0.15) is 10.8 Å². The molecule has 0 saturated heterocycles. The third-order valence-corrected chi connectivity index (χ3v) is 5.04. The molecule has 0 saturated carbocycles. The van der Waals surface area contributed by atoms with E-state index in [-0.39, 0.29) is 18.3 Å². The number of fused-ring (bicyclic) bond motifs is 1. The zero-order valence-corrected chi connectivity index (χ0v) is 16.2. The highest BCUT2D eigenvalue weighted by atomic mass is 35.5. The number of rotatable bonds is 5. The first-order valence-corrected chi connectivity index (χ1v) is 9.08. The molecule has 0 atom stereocenters. The molecule has 0 fully saturated rings. The fraction of sp³-hybridized carbons (Fsp3) is 0.294. The molecule has 0 spiro atoms. The number of ether oxygens (including phenoxy) is 1. The van der Waals surface area contributed by atoms with Crippen molar-refractivity contribution in [3.63, 3.8) is 0 Å². The zero-order chi connectivity index (χ0) is 17.9. The van der Waals surface area contributed by atoms with Crippen LogP contribution in [-0.4, -0.2) is 40.0 Å². The number of methoxy groups -OCH3 is 1. The molecule has 0 aliphatic carbocycles. The molecule has 1 aromatic carbocycles. The first kappa shape index (κ1) is 19.3. The second-order valence-electron chi connectivity index (χ2n) is 5.94. The van der Waals surface area contributed by atoms with Gasteiger partial charge in [0.05, 0.1) is 7.11 Å². The molecule has 3 aromatic rings. The second kappa shape index (κ2) is 8.47. The predicted molar refractivity (Wildman–Crippen MR) is 105 cm³/mol. The van der Waals surface area contributed by atoms with Crippen LogP contribution in [0.25, 0.3) is 0 Å². The van der Waals surface area contributed by atoms with Crippen LogP contribution in [0.1, 0.15) is 32.3 Å². The van der Waals surface area contributed by atoms with Gasteiger partial charge in [-0.05, 0) is 17.7 Å². The molecule has 2 aromatic heterocycles. The third kappa shape index (κ3) is 4.26. The van der Waals surface area contributed by atoms with Crippen molar-refractivity contribution in [3.05, 3.63) is 51.8 Å². The van der Waals surface area contributed by atoms with Crippen LogP contribution in [0.15, 0.2) is 24.3 Å². The average Bonchev–Trinajstić information content (AvgIpc) is 3.28. The fourth-order valence-electron chi connectivity index (χ4n) is 2.90. The third-order valence-electron chi connectivity index (χ3n) is 4.20. The van der Waals surface area contributed by atoms with E-state index < -0.39 is 0 Å². The average molecular weight is 407 g/mol. The van der Waals surface area contributed by atoms with Gasteiger partial charge in [-0.2, -0.15) is 5.10 Å². The summed E-state index contributed by atoms with van der Waals surface area (Å²) >= 11 is 1.36. The van der Waals surface area contributed by atoms with E-state index in [0.29, 0.717) is 23.8 Å². The van der Waals surface area contributed by atoms with Crippen molar-refractivity contribution in [2.45, 2.75) is 19.4 Å². The number of hydrogen-bond acceptors (Lipinski definition) is 7. The lowest BCUT2D eigenvalue weighted by molar-refractivity contribution is 0.102. The lowest BCUT2D eigenvalue weighted by Gasteiger charge is -2.12. The van der Waals surface area contributed by atoms with Crippen molar-refractivity contribution in [3.8, 4) is 5.75 Å². The van der Waals surface area contributed by atoms with E-state index in [9.17, 15) is 4.79 Å². The molecule has 142 valence electrons. The Bertz CT molecular complexity index is 941. The second-order valence-corrected chi connectivity index (χ2v) is 7.00. The van der Waals surface area contributed by atoms with Gasteiger partial charge in [0.2, 0.25) is 5.13 Å². The van der Waals surface area contributed by atoms with Crippen LogP contribution in [0.5, 0.6) is 5.75 Å². The Hall–Kier alpha value is -2.49. The summed E-state index contributed by atoms with van der Waals surface area (Å²) in [6.07, 6.45) is 1.48. The van der Waals surface area contributed by atoms with Crippen LogP contribution < -0.4 is 15.4 Å². The van der Waals surface area contributed by atoms with Crippen LogP contribution in [-0.2, 0) is 19.4 Å². The molecule has 10 heteroatoms. The van der Waals surface area contributed by atoms with E-state index in [1.165, 1.54) is 11.3 Å². The minimum Gasteiger partial charge on any atom is -0.497 e. The Kier molecular flexibility index (Phi) is 6.04. The summed E-state index contributed by atoms with van der Waals surface area (Å²) < 4.78 is 5.23. The Morgan fingerprint density at radius 2 is 2.26 bits per heavy atom. The Morgan fingerprint density at radius 1 is 1.37 bits per heavy atom. The minimum atomic E-state index is -0.268. The lowest BCUT2D eigenvalue weighted by atomic mass is 10.1. The van der Waals surface area contributed by atoms with Crippen molar-refractivity contribution in [2.75, 3.05) is 19.0 Å². The molecule has 8 nitrogen and oxygen atoms in total. The molecule has 3 N–H and O–H groups in total. The highest BCUT2D eigenvalue weighted by molar-refractivity contribution is 7.15. The topological polar surface area (TPSA) is 105 Å². The van der Waals surface area contributed by atoms with Crippen molar-refractivity contribution in [1.82, 2.24) is 25.7 Å². The number of anilines is 1. The van der Waals surface area contributed by atoms with Gasteiger partial charge >= 0.3 is 0 Å². The number of aromatic nitrogens is 4. The molecular weight excluding hydrogens is 388 g/mol. The van der Waals surface area contributed by atoms with Gasteiger partial charge in [0, 0.05) is 37.2 Å². The number of amides is 1. The first-order valence-electron chi connectivity index (χ1n) is 8.26. The van der Waals surface area contributed by atoms with Gasteiger partial charge in [-0.1, -0.05) is 23.5 Å². The number of nitrogens with one attached hydrogen (secondary N) is 3. The van der Waals surface area contributed by atoms with Gasteiger partial charge in [-0.25, -0.2) is 0 Å². The molecule has 0 unspecified atom stereocenters. The molecule has 27 heavy (non-hydrogen) atoms. The summed E-state index contributed by atoms with van der Waals surface area (Å²) in [5.41, 5.74) is 3.43. The van der Waals surface area contributed by atoms with Crippen molar-refractivity contribution in [1.29, 1.82) is 0 Å². The summed E-state index contributed by atoms with van der Waals surface area (Å²) in [4.78, 5) is 12.5. The minimum absolute atomic E-state index is 0. The largest absolute Gasteiger partial charge is 0.497 e. The molecular formula is C17H19ClN6O2S. The maximum absolute atomic E-state index is 12.5. The highest BCUT2D eigenvalue weighted by Crippen LogP contribution is 2.22. The molecule has 0 radical (unpaired) electrons. The van der Waals surface area contributed by atoms with E-state index in [1.54, 1.807) is 7.11 Å². The van der Waals surface area contributed by atoms with Gasteiger partial charge < -0.3 is 10.1 Å². The van der Waals surface area contributed by atoms with E-state index in [0.717, 1.165) is 40.5 Å². The van der Waals surface area contributed by atoms with Crippen molar-refractivity contribution >= 4 is 34.8 Å². The van der Waals surface area contributed by atoms with E-state index in [2.05, 4.69) is 31.0 Å². The van der Waals surface area contributed by atoms with Crippen LogP contribution in [0.4, 0.5) is 5.13 Å². The molecule has 1 amide bonds. The number of carbonyl (C=O) groups excluding carboxylic acids is 1. The number of nitrogens with zero attached hydrogens (tertiary/aromatic N) is 3. The SMILES string of the molecule is COc1cccc(Cc2nnc(NC(=O)c3n[nH]c4c3CNCC4)s2)c1.Cl. The quantitative estimate of drug-likeness (QED) is 0.599. The molecule has 0 bridgehead atoms. The first-order chi connectivity index (χ1) is 12.7. The molecule has 1 aliphatic rings. The normalized spacial score (nSPS) is 12.8. The number of hydrogen-bond donors (Lipinski definition) is 3. The Labute approximate surface area is 166 Å². The van der Waals surface area contributed by atoms with Gasteiger partial charge in [0.25, 0.3) is 5.91 Å². The van der Waals surface area contributed by atoms with Crippen LogP contribution in [0.2, 0.25) is 0 Å². The van der Waals surface area contributed by atoms with E-state index >= 15 is 0 Å². The summed E-state index contributed by atoms with van der Waals surface area (Å²) in [6, 6.07) is 7.80. The highest BCUT2D eigenvalue weighted by Gasteiger charge is 2.22. The number of halogens is 1. The number of H-pyrrole nitrogens is 1. The fourth-order valence-corrected chi connectivity index (χ4v) is 3.67. The van der Waals surface area contributed by atoms with Crippen LogP contribution in [0, 0.1) is 0 Å². The lowest BCUT2D eigenvalue weighted by Crippen LogP contribution is -2.25.